The van der Waals surface area contributed by atoms with Crippen LogP contribution in [0.5, 0.6) is 17.2 Å². The van der Waals surface area contributed by atoms with Crippen LogP contribution in [0.1, 0.15) is 58.7 Å². The van der Waals surface area contributed by atoms with Gasteiger partial charge in [0.1, 0.15) is 11.8 Å². The van der Waals surface area contributed by atoms with Crippen LogP contribution in [0.15, 0.2) is 63.5 Å². The van der Waals surface area contributed by atoms with Gasteiger partial charge >= 0.3 is 5.97 Å². The Hall–Kier alpha value is -3.85. The fourth-order valence-electron chi connectivity index (χ4n) is 4.45. The minimum Gasteiger partial charge on any atom is -0.493 e. The molecule has 0 amide bonds. The molecule has 9 heteroatoms. The van der Waals surface area contributed by atoms with Gasteiger partial charge < -0.3 is 18.9 Å². The van der Waals surface area contributed by atoms with Crippen molar-refractivity contribution in [2.24, 2.45) is 10.9 Å². The van der Waals surface area contributed by atoms with Crippen LogP contribution in [0.2, 0.25) is 0 Å². The van der Waals surface area contributed by atoms with E-state index in [1.807, 2.05) is 56.3 Å². The normalized spacial score (nSPS) is 15.2. The van der Waals surface area contributed by atoms with E-state index in [1.54, 1.807) is 31.6 Å². The summed E-state index contributed by atoms with van der Waals surface area (Å²) in [6.07, 6.45) is 1.70. The predicted octanol–water partition coefficient (Wildman–Crippen LogP) is 4.63. The lowest BCUT2D eigenvalue weighted by atomic mass is 9.95. The van der Waals surface area contributed by atoms with E-state index in [-0.39, 0.29) is 18.3 Å². The molecule has 1 atom stereocenters. The lowest BCUT2D eigenvalue weighted by Crippen LogP contribution is -2.40. The average Bonchev–Trinajstić information content (AvgIpc) is 3.21. The molecule has 0 saturated heterocycles. The summed E-state index contributed by atoms with van der Waals surface area (Å²) >= 11 is 1.27. The molecule has 2 heterocycles. The van der Waals surface area contributed by atoms with Crippen LogP contribution in [0, 0.1) is 5.92 Å². The number of esters is 1. The first kappa shape index (κ1) is 29.1. The van der Waals surface area contributed by atoms with Gasteiger partial charge in [-0.05, 0) is 63.5 Å². The molecule has 3 aromatic rings. The third-order valence-corrected chi connectivity index (χ3v) is 7.13. The predicted molar refractivity (Wildman–Crippen MR) is 156 cm³/mol. The highest BCUT2D eigenvalue weighted by atomic mass is 32.1. The van der Waals surface area contributed by atoms with Crippen LogP contribution in [0.25, 0.3) is 6.08 Å². The zero-order chi connectivity index (χ0) is 29.0. The number of thiazole rings is 1. The molecule has 1 aliphatic rings. The van der Waals surface area contributed by atoms with E-state index < -0.39 is 12.0 Å². The van der Waals surface area contributed by atoms with Crippen LogP contribution >= 0.6 is 11.3 Å². The molecule has 4 rings (SSSR count). The summed E-state index contributed by atoms with van der Waals surface area (Å²) in [5.41, 5.74) is 2.02. The third kappa shape index (κ3) is 6.14. The maximum Gasteiger partial charge on any atom is 0.338 e. The number of aromatic nitrogens is 1. The largest absolute Gasteiger partial charge is 0.493 e. The summed E-state index contributed by atoms with van der Waals surface area (Å²) in [6, 6.07) is 12.3. The molecule has 0 spiro atoms. The maximum atomic E-state index is 14.0. The Morgan fingerprint density at radius 3 is 2.52 bits per heavy atom. The minimum atomic E-state index is -0.756. The van der Waals surface area contributed by atoms with E-state index in [4.69, 9.17) is 18.9 Å². The summed E-state index contributed by atoms with van der Waals surface area (Å²) in [7, 11) is 1.59. The highest BCUT2D eigenvalue weighted by Crippen LogP contribution is 2.36. The molecule has 1 aliphatic heterocycles. The first-order valence-electron chi connectivity index (χ1n) is 13.4. The van der Waals surface area contributed by atoms with Crippen molar-refractivity contribution in [3.05, 3.63) is 84.5 Å². The molecule has 2 aromatic carbocycles. The van der Waals surface area contributed by atoms with Crippen molar-refractivity contribution < 1.29 is 23.7 Å². The summed E-state index contributed by atoms with van der Waals surface area (Å²) in [5, 5.41) is 0. The molecule has 8 nitrogen and oxygen atoms in total. The molecular formula is C31H36N2O6S. The monoisotopic (exact) mass is 564 g/mol. The summed E-state index contributed by atoms with van der Waals surface area (Å²) in [5.74, 6) is 1.68. The SMILES string of the molecule is CCOC(=O)C1=C(C)N=c2s/c(=C/c3ccc(OCC(C)C)c(OC)c3)c(=O)n2[C@H]1c1ccccc1OC(C)C. The van der Waals surface area contributed by atoms with E-state index >= 15 is 0 Å². The number of methoxy groups -OCH3 is 1. The third-order valence-electron chi connectivity index (χ3n) is 6.15. The first-order valence-corrected chi connectivity index (χ1v) is 14.2. The van der Waals surface area contributed by atoms with Crippen molar-refractivity contribution in [1.82, 2.24) is 4.57 Å². The Bertz CT molecular complexity index is 1600. The van der Waals surface area contributed by atoms with Gasteiger partial charge in [-0.3, -0.25) is 9.36 Å². The summed E-state index contributed by atoms with van der Waals surface area (Å²) < 4.78 is 25.0. The molecule has 1 aromatic heterocycles. The standard InChI is InChI=1S/C31H36N2O6S/c1-8-37-30(35)27-20(6)32-31-33(28(27)22-11-9-10-12-23(22)39-19(4)5)29(34)26(40-31)16-21-13-14-24(25(15-21)36-7)38-17-18(2)3/h9-16,18-19,28H,8,17H2,1-7H3/b26-16+/t28-/m0/s1. The number of hydrogen-bond donors (Lipinski definition) is 0. The fourth-order valence-corrected chi connectivity index (χ4v) is 5.50. The summed E-state index contributed by atoms with van der Waals surface area (Å²) in [4.78, 5) is 32.4. The molecule has 0 bridgehead atoms. The number of para-hydroxylation sites is 1. The van der Waals surface area contributed by atoms with Crippen LogP contribution in [0.3, 0.4) is 0 Å². The van der Waals surface area contributed by atoms with Crippen LogP contribution in [-0.4, -0.2) is 37.0 Å². The number of carbonyl (C=O) groups is 1. The van der Waals surface area contributed by atoms with Crippen LogP contribution in [0.4, 0.5) is 0 Å². The van der Waals surface area contributed by atoms with Gasteiger partial charge in [0.15, 0.2) is 16.3 Å². The Labute approximate surface area is 238 Å². The number of hydrogen-bond acceptors (Lipinski definition) is 8. The molecule has 0 aliphatic carbocycles. The Morgan fingerprint density at radius 1 is 1.10 bits per heavy atom. The number of allylic oxidation sites excluding steroid dienone is 1. The van der Waals surface area contributed by atoms with E-state index in [2.05, 4.69) is 18.8 Å². The smallest absolute Gasteiger partial charge is 0.338 e. The maximum absolute atomic E-state index is 14.0. The van der Waals surface area contributed by atoms with Gasteiger partial charge in [0.2, 0.25) is 0 Å². The van der Waals surface area contributed by atoms with Crippen molar-refractivity contribution in [2.45, 2.75) is 53.7 Å². The molecule has 0 fully saturated rings. The van der Waals surface area contributed by atoms with Gasteiger partial charge in [-0.15, -0.1) is 0 Å². The average molecular weight is 565 g/mol. The highest BCUT2D eigenvalue weighted by Gasteiger charge is 2.35. The lowest BCUT2D eigenvalue weighted by Gasteiger charge is -2.26. The van der Waals surface area contributed by atoms with Gasteiger partial charge in [-0.25, -0.2) is 9.79 Å². The van der Waals surface area contributed by atoms with Gasteiger partial charge in [-0.1, -0.05) is 49.4 Å². The number of nitrogens with zero attached hydrogens (tertiary/aromatic N) is 2. The number of carbonyl (C=O) groups excluding carboxylic acids is 1. The molecule has 0 unspecified atom stereocenters. The fraction of sp³-hybridized carbons (Fsp3) is 0.387. The quantitative estimate of drug-likeness (QED) is 0.334. The molecular weight excluding hydrogens is 528 g/mol. The first-order chi connectivity index (χ1) is 19.1. The molecule has 0 N–H and O–H groups in total. The second-order valence-electron chi connectivity index (χ2n) is 10.1. The molecule has 212 valence electrons. The Morgan fingerprint density at radius 2 is 1.85 bits per heavy atom. The van der Waals surface area contributed by atoms with Gasteiger partial charge in [0, 0.05) is 5.56 Å². The van der Waals surface area contributed by atoms with Crippen LogP contribution in [-0.2, 0) is 9.53 Å². The summed E-state index contributed by atoms with van der Waals surface area (Å²) in [6.45, 7) is 12.3. The van der Waals surface area contributed by atoms with Gasteiger partial charge in [-0.2, -0.15) is 0 Å². The molecule has 0 saturated carbocycles. The number of fused-ring (bicyclic) bond motifs is 1. The number of rotatable bonds is 10. The highest BCUT2D eigenvalue weighted by molar-refractivity contribution is 7.07. The Kier molecular flexibility index (Phi) is 9.14. The van der Waals surface area contributed by atoms with E-state index in [1.165, 1.54) is 11.3 Å². The van der Waals surface area contributed by atoms with E-state index in [0.29, 0.717) is 55.9 Å². The van der Waals surface area contributed by atoms with E-state index in [0.717, 1.165) is 5.56 Å². The zero-order valence-corrected chi connectivity index (χ0v) is 24.8. The van der Waals surface area contributed by atoms with Crippen molar-refractivity contribution in [2.75, 3.05) is 20.3 Å². The van der Waals surface area contributed by atoms with E-state index in [9.17, 15) is 9.59 Å². The minimum absolute atomic E-state index is 0.101. The lowest BCUT2D eigenvalue weighted by molar-refractivity contribution is -0.139. The second kappa shape index (κ2) is 12.6. The zero-order valence-electron chi connectivity index (χ0n) is 24.0. The van der Waals surface area contributed by atoms with Crippen molar-refractivity contribution in [1.29, 1.82) is 0 Å². The molecule has 0 radical (unpaired) electrons. The second-order valence-corrected chi connectivity index (χ2v) is 11.1. The van der Waals surface area contributed by atoms with Crippen molar-refractivity contribution in [3.8, 4) is 17.2 Å². The van der Waals surface area contributed by atoms with Crippen molar-refractivity contribution >= 4 is 23.4 Å². The number of benzene rings is 2. The molecule has 40 heavy (non-hydrogen) atoms. The number of ether oxygens (including phenoxy) is 4. The van der Waals surface area contributed by atoms with Crippen molar-refractivity contribution in [3.63, 3.8) is 0 Å². The topological polar surface area (TPSA) is 88.4 Å². The van der Waals surface area contributed by atoms with Gasteiger partial charge in [0.25, 0.3) is 5.56 Å². The Balaban J connectivity index is 1.88. The van der Waals surface area contributed by atoms with Gasteiger partial charge in [0.05, 0.1) is 42.2 Å². The van der Waals surface area contributed by atoms with Crippen LogP contribution < -0.4 is 29.1 Å².